The fraction of sp³-hybridized carbons (Fsp3) is 0.267. The lowest BCUT2D eigenvalue weighted by Crippen LogP contribution is -2.03. The first kappa shape index (κ1) is 25.8. The van der Waals surface area contributed by atoms with Crippen LogP contribution in [0.2, 0.25) is 0 Å². The number of aldehydes is 2. The van der Waals surface area contributed by atoms with E-state index in [9.17, 15) is 9.59 Å². The Bertz CT molecular complexity index is 1570. The molecule has 4 aromatic rings. The second-order valence-electron chi connectivity index (χ2n) is 8.77. The molecule has 0 amide bonds. The van der Waals surface area contributed by atoms with E-state index in [4.69, 9.17) is 23.7 Å². The number of rotatable bonds is 8. The first-order valence-electron chi connectivity index (χ1n) is 11.7. The van der Waals surface area contributed by atoms with Crippen LogP contribution in [0.5, 0.6) is 28.7 Å². The molecule has 0 atom stereocenters. The molecule has 0 saturated carbocycles. The van der Waals surface area contributed by atoms with Crippen molar-refractivity contribution < 1.29 is 33.3 Å². The Labute approximate surface area is 215 Å². The van der Waals surface area contributed by atoms with Crippen molar-refractivity contribution in [2.24, 2.45) is 0 Å². The number of ether oxygens (including phenoxy) is 5. The van der Waals surface area contributed by atoms with Gasteiger partial charge in [-0.2, -0.15) is 0 Å². The average Bonchev–Trinajstić information content (AvgIpc) is 2.90. The molecule has 0 N–H and O–H groups in total. The highest BCUT2D eigenvalue weighted by molar-refractivity contribution is 6.11. The topological polar surface area (TPSA) is 80.3 Å². The zero-order chi connectivity index (χ0) is 27.0. The van der Waals surface area contributed by atoms with Crippen LogP contribution in [-0.4, -0.2) is 48.1 Å². The van der Waals surface area contributed by atoms with E-state index in [0.717, 1.165) is 51.2 Å². The number of benzene rings is 4. The minimum absolute atomic E-state index is 0.363. The largest absolute Gasteiger partial charge is 0.496 e. The summed E-state index contributed by atoms with van der Waals surface area (Å²) in [5.41, 5.74) is 5.09. The predicted molar refractivity (Wildman–Crippen MR) is 145 cm³/mol. The highest BCUT2D eigenvalue weighted by atomic mass is 16.5. The fourth-order valence-corrected chi connectivity index (χ4v) is 5.25. The summed E-state index contributed by atoms with van der Waals surface area (Å²) in [6.07, 6.45) is 1.61. The van der Waals surface area contributed by atoms with E-state index in [0.29, 0.717) is 50.6 Å². The van der Waals surface area contributed by atoms with Crippen molar-refractivity contribution in [1.82, 2.24) is 0 Å². The van der Waals surface area contributed by atoms with E-state index in [1.165, 1.54) is 14.2 Å². The molecule has 7 heteroatoms. The number of carbonyl (C=O) groups excluding carboxylic acids is 2. The van der Waals surface area contributed by atoms with E-state index < -0.39 is 0 Å². The van der Waals surface area contributed by atoms with Crippen LogP contribution >= 0.6 is 0 Å². The summed E-state index contributed by atoms with van der Waals surface area (Å²) in [6.45, 7) is 5.79. The van der Waals surface area contributed by atoms with Crippen LogP contribution < -0.4 is 23.7 Å². The average molecular weight is 503 g/mol. The Morgan fingerprint density at radius 1 is 0.514 bits per heavy atom. The summed E-state index contributed by atoms with van der Waals surface area (Å²) in [5, 5.41) is 2.90. The van der Waals surface area contributed by atoms with Crippen LogP contribution in [0.3, 0.4) is 0 Å². The lowest BCUT2D eigenvalue weighted by molar-refractivity contribution is 0.111. The number of hydrogen-bond acceptors (Lipinski definition) is 7. The SMILES string of the molecule is COc1cc2c(OC)c(-c3c(C)cc4c(C=O)c(OC)c(OC)cc4c3OC)c(C)cc2c(C=O)c1C. The summed E-state index contributed by atoms with van der Waals surface area (Å²) in [4.78, 5) is 24.2. The van der Waals surface area contributed by atoms with Crippen molar-refractivity contribution in [3.8, 4) is 39.9 Å². The molecular weight excluding hydrogens is 472 g/mol. The van der Waals surface area contributed by atoms with Gasteiger partial charge in [-0.1, -0.05) is 0 Å². The van der Waals surface area contributed by atoms with Crippen LogP contribution in [-0.2, 0) is 0 Å². The zero-order valence-corrected chi connectivity index (χ0v) is 22.3. The highest BCUT2D eigenvalue weighted by Gasteiger charge is 2.26. The molecule has 37 heavy (non-hydrogen) atoms. The Morgan fingerprint density at radius 3 is 1.35 bits per heavy atom. The molecule has 0 spiro atoms. The summed E-state index contributed by atoms with van der Waals surface area (Å²) < 4.78 is 28.6. The quantitative estimate of drug-likeness (QED) is 0.263. The molecule has 0 aliphatic rings. The van der Waals surface area contributed by atoms with Crippen LogP contribution in [0, 0.1) is 20.8 Å². The molecule has 0 heterocycles. The summed E-state index contributed by atoms with van der Waals surface area (Å²) in [5.74, 6) is 2.53. The van der Waals surface area contributed by atoms with Crippen molar-refractivity contribution in [3.63, 3.8) is 0 Å². The van der Waals surface area contributed by atoms with Crippen LogP contribution in [0.4, 0.5) is 0 Å². The number of aryl methyl sites for hydroxylation is 2. The van der Waals surface area contributed by atoms with Gasteiger partial charge in [0, 0.05) is 38.4 Å². The van der Waals surface area contributed by atoms with Gasteiger partial charge >= 0.3 is 0 Å². The Morgan fingerprint density at radius 2 is 0.946 bits per heavy atom. The molecule has 192 valence electrons. The second-order valence-corrected chi connectivity index (χ2v) is 8.77. The normalized spacial score (nSPS) is 10.9. The maximum absolute atomic E-state index is 12.1. The van der Waals surface area contributed by atoms with Crippen molar-refractivity contribution in [3.05, 3.63) is 52.1 Å². The summed E-state index contributed by atoms with van der Waals surface area (Å²) >= 11 is 0. The number of carbonyl (C=O) groups is 2. The molecule has 0 fully saturated rings. The maximum atomic E-state index is 12.1. The van der Waals surface area contributed by atoms with Crippen LogP contribution in [0.25, 0.3) is 32.7 Å². The van der Waals surface area contributed by atoms with Crippen LogP contribution in [0.1, 0.15) is 37.4 Å². The van der Waals surface area contributed by atoms with Gasteiger partial charge in [-0.15, -0.1) is 0 Å². The highest BCUT2D eigenvalue weighted by Crippen LogP contribution is 2.50. The minimum atomic E-state index is 0.363. The van der Waals surface area contributed by atoms with Crippen LogP contribution in [0.15, 0.2) is 24.3 Å². The first-order chi connectivity index (χ1) is 17.8. The molecule has 0 radical (unpaired) electrons. The number of methoxy groups -OCH3 is 5. The lowest BCUT2D eigenvalue weighted by atomic mass is 9.87. The lowest BCUT2D eigenvalue weighted by Gasteiger charge is -2.23. The maximum Gasteiger partial charge on any atom is 0.171 e. The summed E-state index contributed by atoms with van der Waals surface area (Å²) in [6, 6.07) is 7.62. The zero-order valence-electron chi connectivity index (χ0n) is 22.3. The Hall–Kier alpha value is -4.26. The van der Waals surface area contributed by atoms with E-state index in [-0.39, 0.29) is 0 Å². The smallest absolute Gasteiger partial charge is 0.171 e. The molecule has 0 aromatic heterocycles. The fourth-order valence-electron chi connectivity index (χ4n) is 5.25. The predicted octanol–water partition coefficient (Wildman–Crippen LogP) is 6.25. The summed E-state index contributed by atoms with van der Waals surface area (Å²) in [7, 11) is 7.80. The van der Waals surface area contributed by atoms with Gasteiger partial charge in [-0.3, -0.25) is 9.59 Å². The van der Waals surface area contributed by atoms with Gasteiger partial charge in [0.2, 0.25) is 0 Å². The number of fused-ring (bicyclic) bond motifs is 2. The van der Waals surface area contributed by atoms with E-state index >= 15 is 0 Å². The van der Waals surface area contributed by atoms with E-state index in [2.05, 4.69) is 0 Å². The van der Waals surface area contributed by atoms with Gasteiger partial charge < -0.3 is 23.7 Å². The molecule has 4 aromatic carbocycles. The van der Waals surface area contributed by atoms with Gasteiger partial charge in [-0.25, -0.2) is 0 Å². The van der Waals surface area contributed by atoms with Crippen molar-refractivity contribution in [2.45, 2.75) is 20.8 Å². The minimum Gasteiger partial charge on any atom is -0.496 e. The van der Waals surface area contributed by atoms with Gasteiger partial charge in [-0.05, 0) is 61.5 Å². The van der Waals surface area contributed by atoms with Gasteiger partial charge in [0.1, 0.15) is 17.2 Å². The van der Waals surface area contributed by atoms with Gasteiger partial charge in [0.05, 0.1) is 41.1 Å². The van der Waals surface area contributed by atoms with Crippen molar-refractivity contribution >= 4 is 34.1 Å². The molecule has 0 bridgehead atoms. The van der Waals surface area contributed by atoms with E-state index in [1.54, 1.807) is 21.3 Å². The first-order valence-corrected chi connectivity index (χ1v) is 11.7. The standard InChI is InChI=1S/C30H30O7/c1-15-9-18-20(11-24(33-4)17(3)22(18)13-31)29(36-7)26(15)27-16(2)10-19-21(30(27)37-8)12-25(34-5)28(35-6)23(19)14-32/h9-14H,1-8H3. The third-order valence-electron chi connectivity index (χ3n) is 6.95. The van der Waals surface area contributed by atoms with E-state index in [1.807, 2.05) is 45.0 Å². The third kappa shape index (κ3) is 3.82. The van der Waals surface area contributed by atoms with Crippen molar-refractivity contribution in [2.75, 3.05) is 35.5 Å². The van der Waals surface area contributed by atoms with Gasteiger partial charge in [0.25, 0.3) is 0 Å². The molecule has 4 rings (SSSR count). The molecular formula is C30H30O7. The Balaban J connectivity index is 2.22. The van der Waals surface area contributed by atoms with Gasteiger partial charge in [0.15, 0.2) is 24.1 Å². The molecule has 7 nitrogen and oxygen atoms in total. The van der Waals surface area contributed by atoms with Crippen molar-refractivity contribution in [1.29, 1.82) is 0 Å². The molecule has 0 saturated heterocycles. The Kier molecular flexibility index (Phi) is 6.99. The molecule has 0 aliphatic carbocycles. The monoisotopic (exact) mass is 502 g/mol. The second kappa shape index (κ2) is 10.0. The molecule has 0 aliphatic heterocycles. The third-order valence-corrected chi connectivity index (χ3v) is 6.95. The number of hydrogen-bond donors (Lipinski definition) is 0. The molecule has 0 unspecified atom stereocenters.